The minimum Gasteiger partial charge on any atom is -0.313 e. The Labute approximate surface area is 163 Å². The summed E-state index contributed by atoms with van der Waals surface area (Å²) in [5.74, 6) is 0.386. The summed E-state index contributed by atoms with van der Waals surface area (Å²) >= 11 is 0. The quantitative estimate of drug-likeness (QED) is 0.539. The number of aryl methyl sites for hydroxylation is 1. The molecule has 4 nitrogen and oxygen atoms in total. The van der Waals surface area contributed by atoms with Crippen LogP contribution in [0.25, 0.3) is 0 Å². The Bertz CT molecular complexity index is 797. The van der Waals surface area contributed by atoms with Gasteiger partial charge in [0.2, 0.25) is 0 Å². The van der Waals surface area contributed by atoms with Crippen molar-refractivity contribution in [3.8, 4) is 0 Å². The molecule has 2 aromatic carbocycles. The monoisotopic (exact) mass is 387 g/mol. The largest absolute Gasteiger partial charge is 0.313 e. The molecule has 5 heteroatoms. The van der Waals surface area contributed by atoms with Crippen molar-refractivity contribution in [2.24, 2.45) is 0 Å². The lowest BCUT2D eigenvalue weighted by molar-refractivity contribution is 0.283. The van der Waals surface area contributed by atoms with E-state index in [-0.39, 0.29) is 11.5 Å². The molecular weight excluding hydrogens is 358 g/mol. The van der Waals surface area contributed by atoms with Crippen molar-refractivity contribution < 1.29 is 12.6 Å². The highest BCUT2D eigenvalue weighted by Gasteiger charge is 2.24. The van der Waals surface area contributed by atoms with Gasteiger partial charge in [-0.1, -0.05) is 54.4 Å². The molecule has 2 aromatic rings. The Morgan fingerprint density at radius 3 is 2.48 bits per heavy atom. The Morgan fingerprint density at radius 2 is 1.81 bits per heavy atom. The van der Waals surface area contributed by atoms with Gasteiger partial charge >= 0.3 is 0 Å². The molecule has 0 aromatic heterocycles. The van der Waals surface area contributed by atoms with E-state index in [1.807, 2.05) is 13.0 Å². The normalized spacial score (nSPS) is 18.9. The van der Waals surface area contributed by atoms with Crippen LogP contribution in [0.1, 0.15) is 49.1 Å². The summed E-state index contributed by atoms with van der Waals surface area (Å²) in [4.78, 5) is 0.224. The molecule has 0 aliphatic carbocycles. The van der Waals surface area contributed by atoms with E-state index in [4.69, 9.17) is 4.18 Å². The Morgan fingerprint density at radius 1 is 1.07 bits per heavy atom. The summed E-state index contributed by atoms with van der Waals surface area (Å²) in [6, 6.07) is 17.8. The molecule has 1 heterocycles. The maximum atomic E-state index is 12.3. The Hall–Kier alpha value is -1.69. The number of benzene rings is 2. The van der Waals surface area contributed by atoms with E-state index in [1.54, 1.807) is 24.3 Å². The van der Waals surface area contributed by atoms with Gasteiger partial charge in [-0.25, -0.2) is 0 Å². The first kappa shape index (κ1) is 20.1. The molecule has 0 radical (unpaired) electrons. The van der Waals surface area contributed by atoms with Crippen molar-refractivity contribution in [3.05, 3.63) is 65.7 Å². The summed E-state index contributed by atoms with van der Waals surface area (Å²) in [7, 11) is -3.68. The number of piperidine rings is 1. The number of hydrogen-bond donors (Lipinski definition) is 1. The van der Waals surface area contributed by atoms with Gasteiger partial charge in [0, 0.05) is 6.04 Å². The van der Waals surface area contributed by atoms with Crippen LogP contribution in [-0.4, -0.2) is 27.6 Å². The van der Waals surface area contributed by atoms with Crippen LogP contribution in [-0.2, 0) is 14.3 Å². The third-order valence-electron chi connectivity index (χ3n) is 5.27. The molecule has 0 bridgehead atoms. The lowest BCUT2D eigenvalue weighted by Gasteiger charge is -2.32. The predicted octanol–water partition coefficient (Wildman–Crippen LogP) is 4.41. The van der Waals surface area contributed by atoms with Crippen molar-refractivity contribution in [2.75, 3.05) is 13.2 Å². The minimum absolute atomic E-state index is 0.215. The van der Waals surface area contributed by atoms with Crippen LogP contribution in [0.2, 0.25) is 0 Å². The van der Waals surface area contributed by atoms with E-state index in [0.29, 0.717) is 18.4 Å². The standard InChI is InChI=1S/C22H29NO3S/c1-18-12-14-20(15-13-18)27(24,25)26-17-7-10-21(19-8-3-2-4-9-19)22-11-5-6-16-23-22/h2-4,8-9,12-15,21-23H,5-7,10-11,16-17H2,1H3. The molecule has 2 atom stereocenters. The molecule has 1 aliphatic heterocycles. The van der Waals surface area contributed by atoms with E-state index in [0.717, 1.165) is 18.5 Å². The van der Waals surface area contributed by atoms with Crippen LogP contribution in [0.4, 0.5) is 0 Å². The molecule has 1 N–H and O–H groups in total. The van der Waals surface area contributed by atoms with Gasteiger partial charge in [0.15, 0.2) is 0 Å². The smallest absolute Gasteiger partial charge is 0.296 e. The second-order valence-corrected chi connectivity index (χ2v) is 8.92. The predicted molar refractivity (Wildman–Crippen MR) is 108 cm³/mol. The van der Waals surface area contributed by atoms with Gasteiger partial charge in [-0.05, 0) is 62.8 Å². The van der Waals surface area contributed by atoms with Gasteiger partial charge in [0.25, 0.3) is 10.1 Å². The van der Waals surface area contributed by atoms with E-state index in [2.05, 4.69) is 29.6 Å². The van der Waals surface area contributed by atoms with E-state index in [9.17, 15) is 8.42 Å². The van der Waals surface area contributed by atoms with Crippen molar-refractivity contribution in [1.29, 1.82) is 0 Å². The van der Waals surface area contributed by atoms with Gasteiger partial charge < -0.3 is 5.32 Å². The highest BCUT2D eigenvalue weighted by Crippen LogP contribution is 2.29. The van der Waals surface area contributed by atoms with E-state index < -0.39 is 10.1 Å². The topological polar surface area (TPSA) is 55.4 Å². The van der Waals surface area contributed by atoms with Crippen molar-refractivity contribution in [1.82, 2.24) is 5.32 Å². The highest BCUT2D eigenvalue weighted by atomic mass is 32.2. The van der Waals surface area contributed by atoms with Crippen LogP contribution in [0.15, 0.2) is 59.5 Å². The highest BCUT2D eigenvalue weighted by molar-refractivity contribution is 7.86. The first-order valence-electron chi connectivity index (χ1n) is 9.81. The van der Waals surface area contributed by atoms with Gasteiger partial charge in [0.1, 0.15) is 0 Å². The molecule has 1 saturated heterocycles. The second-order valence-electron chi connectivity index (χ2n) is 7.30. The minimum atomic E-state index is -3.68. The summed E-state index contributed by atoms with van der Waals surface area (Å²) in [6.45, 7) is 3.21. The fourth-order valence-corrected chi connectivity index (χ4v) is 4.71. The average molecular weight is 388 g/mol. The van der Waals surface area contributed by atoms with Crippen LogP contribution in [0, 0.1) is 6.92 Å². The van der Waals surface area contributed by atoms with Crippen LogP contribution >= 0.6 is 0 Å². The lowest BCUT2D eigenvalue weighted by atomic mass is 9.83. The maximum absolute atomic E-state index is 12.3. The zero-order valence-corrected chi connectivity index (χ0v) is 16.8. The Balaban J connectivity index is 1.58. The average Bonchev–Trinajstić information content (AvgIpc) is 2.69. The van der Waals surface area contributed by atoms with Gasteiger partial charge in [-0.3, -0.25) is 4.18 Å². The lowest BCUT2D eigenvalue weighted by Crippen LogP contribution is -2.39. The first-order chi connectivity index (χ1) is 13.1. The van der Waals surface area contributed by atoms with Crippen molar-refractivity contribution in [3.63, 3.8) is 0 Å². The molecule has 0 saturated carbocycles. The first-order valence-corrected chi connectivity index (χ1v) is 11.2. The summed E-state index contributed by atoms with van der Waals surface area (Å²) in [5, 5.41) is 3.65. The molecule has 27 heavy (non-hydrogen) atoms. The molecule has 0 spiro atoms. The second kappa shape index (κ2) is 9.49. The molecule has 1 aliphatic rings. The van der Waals surface area contributed by atoms with Crippen LogP contribution < -0.4 is 5.32 Å². The zero-order chi connectivity index (χ0) is 19.1. The number of nitrogens with one attached hydrogen (secondary N) is 1. The zero-order valence-electron chi connectivity index (χ0n) is 15.9. The van der Waals surface area contributed by atoms with Gasteiger partial charge in [0.05, 0.1) is 11.5 Å². The van der Waals surface area contributed by atoms with Gasteiger partial charge in [-0.2, -0.15) is 8.42 Å². The number of hydrogen-bond acceptors (Lipinski definition) is 4. The van der Waals surface area contributed by atoms with Crippen molar-refractivity contribution in [2.45, 2.75) is 55.9 Å². The summed E-state index contributed by atoms with van der Waals surface area (Å²) < 4.78 is 29.9. The molecule has 1 fully saturated rings. The molecule has 2 unspecified atom stereocenters. The summed E-state index contributed by atoms with van der Waals surface area (Å²) in [6.07, 6.45) is 5.27. The van der Waals surface area contributed by atoms with Gasteiger partial charge in [-0.15, -0.1) is 0 Å². The fourth-order valence-electron chi connectivity index (χ4n) is 3.77. The maximum Gasteiger partial charge on any atom is 0.296 e. The SMILES string of the molecule is Cc1ccc(S(=O)(=O)OCCCC(c2ccccc2)C2CCCCN2)cc1. The van der Waals surface area contributed by atoms with E-state index >= 15 is 0 Å². The number of rotatable bonds is 8. The molecule has 3 rings (SSSR count). The van der Waals surface area contributed by atoms with E-state index in [1.165, 1.54) is 24.8 Å². The molecule has 146 valence electrons. The molecule has 0 amide bonds. The Kier molecular flexibility index (Phi) is 7.05. The molecular formula is C22H29NO3S. The van der Waals surface area contributed by atoms with Crippen LogP contribution in [0.5, 0.6) is 0 Å². The third kappa shape index (κ3) is 5.64. The summed E-state index contributed by atoms with van der Waals surface area (Å²) in [5.41, 5.74) is 2.35. The third-order valence-corrected chi connectivity index (χ3v) is 6.60. The van der Waals surface area contributed by atoms with Crippen molar-refractivity contribution >= 4 is 10.1 Å². The fraction of sp³-hybridized carbons (Fsp3) is 0.455. The van der Waals surface area contributed by atoms with Crippen LogP contribution in [0.3, 0.4) is 0 Å².